The van der Waals surface area contributed by atoms with E-state index in [2.05, 4.69) is 21.2 Å². The van der Waals surface area contributed by atoms with E-state index in [0.29, 0.717) is 31.0 Å². The summed E-state index contributed by atoms with van der Waals surface area (Å²) >= 11 is 9.61. The molecule has 1 atom stereocenters. The van der Waals surface area contributed by atoms with Crippen LogP contribution < -0.4 is 5.32 Å². The molecule has 0 saturated heterocycles. The van der Waals surface area contributed by atoms with E-state index in [9.17, 15) is 9.59 Å². The van der Waals surface area contributed by atoms with Gasteiger partial charge in [-0.15, -0.1) is 0 Å². The monoisotopic (exact) mass is 450 g/mol. The molecule has 2 aromatic carbocycles. The minimum absolute atomic E-state index is 0.0726. The van der Waals surface area contributed by atoms with Gasteiger partial charge < -0.3 is 10.2 Å². The van der Waals surface area contributed by atoms with E-state index in [1.54, 1.807) is 11.8 Å². The zero-order valence-electron chi connectivity index (χ0n) is 15.5. The van der Waals surface area contributed by atoms with Crippen LogP contribution in [0.15, 0.2) is 53.0 Å². The van der Waals surface area contributed by atoms with Gasteiger partial charge >= 0.3 is 0 Å². The minimum atomic E-state index is -0.549. The van der Waals surface area contributed by atoms with Gasteiger partial charge in [-0.2, -0.15) is 0 Å². The van der Waals surface area contributed by atoms with Gasteiger partial charge in [0, 0.05) is 29.0 Å². The summed E-state index contributed by atoms with van der Waals surface area (Å²) in [5.74, 6) is -0.225. The molecule has 0 aliphatic heterocycles. The quantitative estimate of drug-likeness (QED) is 0.638. The number of carbonyl (C=O) groups excluding carboxylic acids is 2. The molecule has 0 spiro atoms. The van der Waals surface area contributed by atoms with Gasteiger partial charge in [0.1, 0.15) is 6.04 Å². The van der Waals surface area contributed by atoms with Crippen LogP contribution in [0.25, 0.3) is 0 Å². The maximum atomic E-state index is 12.9. The lowest BCUT2D eigenvalue weighted by atomic mass is 10.1. The van der Waals surface area contributed by atoms with Crippen LogP contribution in [0, 0.1) is 0 Å². The van der Waals surface area contributed by atoms with Crippen LogP contribution in [-0.2, 0) is 22.6 Å². The number of carbonyl (C=O) groups is 2. The van der Waals surface area contributed by atoms with Gasteiger partial charge in [-0.3, -0.25) is 9.59 Å². The maximum absolute atomic E-state index is 12.9. The van der Waals surface area contributed by atoms with Gasteiger partial charge in [-0.1, -0.05) is 57.9 Å². The summed E-state index contributed by atoms with van der Waals surface area (Å²) in [6.07, 6.45) is 0.835. The van der Waals surface area contributed by atoms with Crippen molar-refractivity contribution in [1.82, 2.24) is 10.2 Å². The van der Waals surface area contributed by atoms with Crippen molar-refractivity contribution in [2.75, 3.05) is 6.54 Å². The Labute approximate surface area is 174 Å². The fraction of sp³-hybridized carbons (Fsp3) is 0.333. The number of nitrogens with one attached hydrogen (secondary N) is 1. The van der Waals surface area contributed by atoms with Crippen molar-refractivity contribution >= 4 is 39.3 Å². The SMILES string of the molecule is CCNC(=O)C(C)N(Cc1ccc(Br)cc1)C(=O)CCc1ccccc1Cl. The van der Waals surface area contributed by atoms with Crippen LogP contribution in [0.3, 0.4) is 0 Å². The smallest absolute Gasteiger partial charge is 0.242 e. The van der Waals surface area contributed by atoms with E-state index >= 15 is 0 Å². The maximum Gasteiger partial charge on any atom is 0.242 e. The molecule has 0 saturated carbocycles. The largest absolute Gasteiger partial charge is 0.355 e. The Hall–Kier alpha value is -1.85. The Bertz CT molecular complexity index is 780. The first-order valence-electron chi connectivity index (χ1n) is 8.97. The zero-order valence-corrected chi connectivity index (χ0v) is 17.9. The Kier molecular flexibility index (Phi) is 8.32. The number of halogens is 2. The zero-order chi connectivity index (χ0) is 19.8. The van der Waals surface area contributed by atoms with Gasteiger partial charge in [-0.05, 0) is 49.6 Å². The van der Waals surface area contributed by atoms with Gasteiger partial charge in [-0.25, -0.2) is 0 Å². The molecule has 4 nitrogen and oxygen atoms in total. The molecule has 1 unspecified atom stereocenters. The second-order valence-electron chi connectivity index (χ2n) is 6.31. The summed E-state index contributed by atoms with van der Waals surface area (Å²) in [5, 5.41) is 3.45. The number of likely N-dealkylation sites (N-methyl/N-ethyl adjacent to an activating group) is 1. The van der Waals surface area contributed by atoms with E-state index in [0.717, 1.165) is 15.6 Å². The topological polar surface area (TPSA) is 49.4 Å². The lowest BCUT2D eigenvalue weighted by molar-refractivity contribution is -0.140. The Morgan fingerprint density at radius 1 is 1.15 bits per heavy atom. The molecule has 0 aliphatic rings. The van der Waals surface area contributed by atoms with Crippen LogP contribution in [0.2, 0.25) is 5.02 Å². The second kappa shape index (κ2) is 10.5. The highest BCUT2D eigenvalue weighted by molar-refractivity contribution is 9.10. The summed E-state index contributed by atoms with van der Waals surface area (Å²) in [5.41, 5.74) is 1.90. The van der Waals surface area contributed by atoms with E-state index < -0.39 is 6.04 Å². The van der Waals surface area contributed by atoms with Crippen molar-refractivity contribution in [1.29, 1.82) is 0 Å². The fourth-order valence-electron chi connectivity index (χ4n) is 2.78. The predicted molar refractivity (Wildman–Crippen MR) is 113 cm³/mol. The van der Waals surface area contributed by atoms with Crippen LogP contribution in [-0.4, -0.2) is 29.3 Å². The highest BCUT2D eigenvalue weighted by atomic mass is 79.9. The van der Waals surface area contributed by atoms with Crippen molar-refractivity contribution in [2.45, 2.75) is 39.3 Å². The summed E-state index contributed by atoms with van der Waals surface area (Å²) in [6.45, 7) is 4.54. The summed E-state index contributed by atoms with van der Waals surface area (Å²) in [6, 6.07) is 14.7. The third-order valence-corrected chi connectivity index (χ3v) is 5.25. The Morgan fingerprint density at radius 2 is 1.81 bits per heavy atom. The van der Waals surface area contributed by atoms with E-state index in [1.807, 2.05) is 55.5 Å². The number of aryl methyl sites for hydroxylation is 1. The van der Waals surface area contributed by atoms with Crippen LogP contribution >= 0.6 is 27.5 Å². The number of hydrogen-bond donors (Lipinski definition) is 1. The third-order valence-electron chi connectivity index (χ3n) is 4.35. The molecule has 0 bridgehead atoms. The number of hydrogen-bond acceptors (Lipinski definition) is 2. The van der Waals surface area contributed by atoms with Crippen molar-refractivity contribution in [3.8, 4) is 0 Å². The van der Waals surface area contributed by atoms with Crippen LogP contribution in [0.4, 0.5) is 0 Å². The standard InChI is InChI=1S/C21H24BrClN2O2/c1-3-24-21(27)15(2)25(14-16-8-11-18(22)12-9-16)20(26)13-10-17-6-4-5-7-19(17)23/h4-9,11-12,15H,3,10,13-14H2,1-2H3,(H,24,27). The van der Waals surface area contributed by atoms with E-state index in [4.69, 9.17) is 11.6 Å². The average Bonchev–Trinajstić information content (AvgIpc) is 2.66. The van der Waals surface area contributed by atoms with Gasteiger partial charge in [0.25, 0.3) is 0 Å². The molecule has 0 radical (unpaired) electrons. The lowest BCUT2D eigenvalue weighted by Gasteiger charge is -2.29. The van der Waals surface area contributed by atoms with Gasteiger partial charge in [0.05, 0.1) is 0 Å². The van der Waals surface area contributed by atoms with Crippen molar-refractivity contribution in [3.05, 3.63) is 69.2 Å². The van der Waals surface area contributed by atoms with Crippen molar-refractivity contribution < 1.29 is 9.59 Å². The van der Waals surface area contributed by atoms with Crippen LogP contribution in [0.1, 0.15) is 31.4 Å². The first kappa shape index (κ1) is 21.5. The molecule has 27 heavy (non-hydrogen) atoms. The number of nitrogens with zero attached hydrogens (tertiary/aromatic N) is 1. The lowest BCUT2D eigenvalue weighted by Crippen LogP contribution is -2.47. The normalized spacial score (nSPS) is 11.7. The number of benzene rings is 2. The first-order chi connectivity index (χ1) is 12.9. The van der Waals surface area contributed by atoms with Gasteiger partial charge in [0.2, 0.25) is 11.8 Å². The predicted octanol–water partition coefficient (Wildman–Crippen LogP) is 4.59. The highest BCUT2D eigenvalue weighted by Gasteiger charge is 2.25. The number of amides is 2. The minimum Gasteiger partial charge on any atom is -0.355 e. The first-order valence-corrected chi connectivity index (χ1v) is 10.1. The molecule has 2 rings (SSSR count). The molecule has 0 heterocycles. The molecule has 144 valence electrons. The molecular weight excluding hydrogens is 428 g/mol. The van der Waals surface area contributed by atoms with E-state index in [1.165, 1.54) is 0 Å². The molecular formula is C21H24BrClN2O2. The summed E-state index contributed by atoms with van der Waals surface area (Å²) in [7, 11) is 0. The fourth-order valence-corrected chi connectivity index (χ4v) is 3.27. The third kappa shape index (κ3) is 6.36. The van der Waals surface area contributed by atoms with Crippen molar-refractivity contribution in [3.63, 3.8) is 0 Å². The number of rotatable bonds is 8. The summed E-state index contributed by atoms with van der Waals surface area (Å²) in [4.78, 5) is 26.9. The van der Waals surface area contributed by atoms with Gasteiger partial charge in [0.15, 0.2) is 0 Å². The van der Waals surface area contributed by atoms with Crippen LogP contribution in [0.5, 0.6) is 0 Å². The Morgan fingerprint density at radius 3 is 2.44 bits per heavy atom. The molecule has 6 heteroatoms. The molecule has 2 amide bonds. The molecule has 1 N–H and O–H groups in total. The molecule has 0 fully saturated rings. The molecule has 0 aromatic heterocycles. The summed E-state index contributed by atoms with van der Waals surface area (Å²) < 4.78 is 0.972. The Balaban J connectivity index is 2.14. The average molecular weight is 452 g/mol. The highest BCUT2D eigenvalue weighted by Crippen LogP contribution is 2.19. The van der Waals surface area contributed by atoms with E-state index in [-0.39, 0.29) is 11.8 Å². The second-order valence-corrected chi connectivity index (χ2v) is 7.63. The molecule has 0 aliphatic carbocycles. The van der Waals surface area contributed by atoms with Crippen molar-refractivity contribution in [2.24, 2.45) is 0 Å². The molecule has 2 aromatic rings.